The number of carboxylic acids is 1. The molecule has 0 saturated heterocycles. The van der Waals surface area contributed by atoms with Crippen LogP contribution >= 0.6 is 0 Å². The van der Waals surface area contributed by atoms with Crippen molar-refractivity contribution >= 4 is 5.97 Å². The van der Waals surface area contributed by atoms with E-state index in [-0.39, 0.29) is 5.92 Å². The second kappa shape index (κ2) is 5.07. The van der Waals surface area contributed by atoms with Crippen molar-refractivity contribution in [2.24, 2.45) is 11.8 Å². The van der Waals surface area contributed by atoms with Crippen molar-refractivity contribution in [2.45, 2.75) is 12.8 Å². The Labute approximate surface area is 94.7 Å². The summed E-state index contributed by atoms with van der Waals surface area (Å²) < 4.78 is 0. The molecule has 1 aromatic heterocycles. The van der Waals surface area contributed by atoms with Crippen molar-refractivity contribution in [2.75, 3.05) is 13.1 Å². The number of carboxylic acid groups (broad SMARTS) is 1. The molecule has 1 aliphatic carbocycles. The average Bonchev–Trinajstić information content (AvgIpc) is 3.05. The minimum Gasteiger partial charge on any atom is -0.481 e. The molecule has 2 unspecified atom stereocenters. The molecular weight excluding hydrogens is 204 g/mol. The SMILES string of the molecule is O=C(O)C1CC1CNCCc1cccnc1. The molecule has 4 nitrogen and oxygen atoms in total. The minimum atomic E-state index is -0.654. The maximum atomic E-state index is 10.6. The van der Waals surface area contributed by atoms with Gasteiger partial charge < -0.3 is 10.4 Å². The van der Waals surface area contributed by atoms with Gasteiger partial charge in [0.2, 0.25) is 0 Å². The van der Waals surface area contributed by atoms with Gasteiger partial charge in [0.05, 0.1) is 5.92 Å². The third-order valence-corrected chi connectivity index (χ3v) is 2.96. The zero-order valence-corrected chi connectivity index (χ0v) is 9.10. The van der Waals surface area contributed by atoms with Crippen LogP contribution in [0.25, 0.3) is 0 Å². The second-order valence-corrected chi connectivity index (χ2v) is 4.26. The van der Waals surface area contributed by atoms with Crippen LogP contribution in [0.2, 0.25) is 0 Å². The van der Waals surface area contributed by atoms with Gasteiger partial charge in [0, 0.05) is 12.4 Å². The molecule has 2 rings (SSSR count). The molecule has 86 valence electrons. The number of carbonyl (C=O) groups is 1. The highest BCUT2D eigenvalue weighted by atomic mass is 16.4. The molecule has 0 spiro atoms. The summed E-state index contributed by atoms with van der Waals surface area (Å²) in [6.07, 6.45) is 5.39. The predicted octanol–water partition coefficient (Wildman–Crippen LogP) is 0.934. The zero-order valence-electron chi connectivity index (χ0n) is 9.10. The number of aliphatic carboxylic acids is 1. The van der Waals surface area contributed by atoms with Gasteiger partial charge in [-0.1, -0.05) is 6.07 Å². The Kier molecular flexibility index (Phi) is 3.51. The molecular formula is C12H16N2O2. The molecule has 4 heteroatoms. The van der Waals surface area contributed by atoms with Gasteiger partial charge in [0.1, 0.15) is 0 Å². The van der Waals surface area contributed by atoms with E-state index in [0.717, 1.165) is 25.9 Å². The molecule has 16 heavy (non-hydrogen) atoms. The second-order valence-electron chi connectivity index (χ2n) is 4.26. The van der Waals surface area contributed by atoms with Crippen molar-refractivity contribution in [3.8, 4) is 0 Å². The normalized spacial score (nSPS) is 23.0. The Morgan fingerprint density at radius 3 is 3.12 bits per heavy atom. The molecule has 1 aliphatic rings. The fourth-order valence-corrected chi connectivity index (χ4v) is 1.84. The predicted molar refractivity (Wildman–Crippen MR) is 60.0 cm³/mol. The first-order valence-electron chi connectivity index (χ1n) is 5.60. The lowest BCUT2D eigenvalue weighted by Crippen LogP contribution is -2.21. The Morgan fingerprint density at radius 1 is 1.62 bits per heavy atom. The van der Waals surface area contributed by atoms with Crippen molar-refractivity contribution in [3.05, 3.63) is 30.1 Å². The van der Waals surface area contributed by atoms with Gasteiger partial charge in [-0.2, -0.15) is 0 Å². The fourth-order valence-electron chi connectivity index (χ4n) is 1.84. The van der Waals surface area contributed by atoms with Crippen molar-refractivity contribution in [1.29, 1.82) is 0 Å². The van der Waals surface area contributed by atoms with Gasteiger partial charge in [-0.25, -0.2) is 0 Å². The van der Waals surface area contributed by atoms with Crippen LogP contribution in [-0.2, 0) is 11.2 Å². The summed E-state index contributed by atoms with van der Waals surface area (Å²) in [6, 6.07) is 3.97. The highest BCUT2D eigenvalue weighted by Crippen LogP contribution is 2.37. The standard InChI is InChI=1S/C12H16N2O2/c15-12(16)11-6-10(11)8-14-5-3-9-2-1-4-13-7-9/h1-2,4,7,10-11,14H,3,5-6,8H2,(H,15,16). The van der Waals surface area contributed by atoms with Gasteiger partial charge in [0.25, 0.3) is 0 Å². The number of nitrogens with zero attached hydrogens (tertiary/aromatic N) is 1. The summed E-state index contributed by atoms with van der Waals surface area (Å²) in [5, 5.41) is 12.0. The van der Waals surface area contributed by atoms with Crippen LogP contribution in [0.5, 0.6) is 0 Å². The molecule has 2 atom stereocenters. The van der Waals surface area contributed by atoms with Crippen LogP contribution in [0.1, 0.15) is 12.0 Å². The first-order chi connectivity index (χ1) is 7.77. The van der Waals surface area contributed by atoms with Gasteiger partial charge in [-0.15, -0.1) is 0 Å². The lowest BCUT2D eigenvalue weighted by molar-refractivity contribution is -0.138. The summed E-state index contributed by atoms with van der Waals surface area (Å²) in [4.78, 5) is 14.6. The quantitative estimate of drug-likeness (QED) is 0.700. The first kappa shape index (κ1) is 11.1. The van der Waals surface area contributed by atoms with E-state index in [1.165, 1.54) is 5.56 Å². The Morgan fingerprint density at radius 2 is 2.50 bits per heavy atom. The van der Waals surface area contributed by atoms with Crippen molar-refractivity contribution in [1.82, 2.24) is 10.3 Å². The van der Waals surface area contributed by atoms with Crippen molar-refractivity contribution in [3.63, 3.8) is 0 Å². The third kappa shape index (κ3) is 3.03. The molecule has 1 fully saturated rings. The topological polar surface area (TPSA) is 62.2 Å². The molecule has 0 aliphatic heterocycles. The minimum absolute atomic E-state index is 0.106. The largest absolute Gasteiger partial charge is 0.481 e. The molecule has 0 bridgehead atoms. The molecule has 0 aromatic carbocycles. The van der Waals surface area contributed by atoms with Gasteiger partial charge in [0.15, 0.2) is 0 Å². The number of rotatable bonds is 6. The van der Waals surface area contributed by atoms with Crippen LogP contribution < -0.4 is 5.32 Å². The third-order valence-electron chi connectivity index (χ3n) is 2.96. The molecule has 1 heterocycles. The van der Waals surface area contributed by atoms with E-state index >= 15 is 0 Å². The Balaban J connectivity index is 1.58. The summed E-state index contributed by atoms with van der Waals surface area (Å²) in [7, 11) is 0. The molecule has 0 radical (unpaired) electrons. The lowest BCUT2D eigenvalue weighted by atomic mass is 10.2. The fraction of sp³-hybridized carbons (Fsp3) is 0.500. The van der Waals surface area contributed by atoms with E-state index < -0.39 is 5.97 Å². The highest BCUT2D eigenvalue weighted by molar-refractivity contribution is 5.73. The van der Waals surface area contributed by atoms with Crippen LogP contribution in [0.4, 0.5) is 0 Å². The van der Waals surface area contributed by atoms with Crippen molar-refractivity contribution < 1.29 is 9.90 Å². The average molecular weight is 220 g/mol. The van der Waals surface area contributed by atoms with E-state index in [1.807, 2.05) is 18.3 Å². The van der Waals surface area contributed by atoms with E-state index in [4.69, 9.17) is 5.11 Å². The molecule has 1 aromatic rings. The number of nitrogens with one attached hydrogen (secondary N) is 1. The maximum absolute atomic E-state index is 10.6. The van der Waals surface area contributed by atoms with Crippen LogP contribution in [-0.4, -0.2) is 29.1 Å². The monoisotopic (exact) mass is 220 g/mol. The zero-order chi connectivity index (χ0) is 11.4. The van der Waals surface area contributed by atoms with Crippen LogP contribution in [0.3, 0.4) is 0 Å². The lowest BCUT2D eigenvalue weighted by Gasteiger charge is -2.03. The number of aromatic nitrogens is 1. The van der Waals surface area contributed by atoms with Gasteiger partial charge in [-0.3, -0.25) is 9.78 Å². The summed E-state index contributed by atoms with van der Waals surface area (Å²) in [5.74, 6) is -0.420. The number of hydrogen-bond acceptors (Lipinski definition) is 3. The molecule has 1 saturated carbocycles. The number of hydrogen-bond donors (Lipinski definition) is 2. The van der Waals surface area contributed by atoms with E-state index in [2.05, 4.69) is 10.3 Å². The van der Waals surface area contributed by atoms with E-state index in [0.29, 0.717) is 5.92 Å². The smallest absolute Gasteiger partial charge is 0.306 e. The van der Waals surface area contributed by atoms with Gasteiger partial charge in [-0.05, 0) is 43.5 Å². The summed E-state index contributed by atoms with van der Waals surface area (Å²) in [5.41, 5.74) is 1.21. The summed E-state index contributed by atoms with van der Waals surface area (Å²) in [6.45, 7) is 1.70. The van der Waals surface area contributed by atoms with E-state index in [9.17, 15) is 4.79 Å². The molecule has 0 amide bonds. The highest BCUT2D eigenvalue weighted by Gasteiger charge is 2.42. The number of pyridine rings is 1. The Bertz CT molecular complexity index is 353. The van der Waals surface area contributed by atoms with Crippen LogP contribution in [0, 0.1) is 11.8 Å². The first-order valence-corrected chi connectivity index (χ1v) is 5.60. The van der Waals surface area contributed by atoms with Crippen LogP contribution in [0.15, 0.2) is 24.5 Å². The Hall–Kier alpha value is -1.42. The summed E-state index contributed by atoms with van der Waals surface area (Å²) >= 11 is 0. The van der Waals surface area contributed by atoms with E-state index in [1.54, 1.807) is 6.20 Å². The molecule has 2 N–H and O–H groups in total. The maximum Gasteiger partial charge on any atom is 0.306 e. The van der Waals surface area contributed by atoms with Gasteiger partial charge >= 0.3 is 5.97 Å².